The smallest absolute Gasteiger partial charge is 0.126 e. The molecule has 0 saturated heterocycles. The van der Waals surface area contributed by atoms with Gasteiger partial charge in [0.1, 0.15) is 11.6 Å². The molecule has 76 valence electrons. The third kappa shape index (κ3) is 3.30. The maximum Gasteiger partial charge on any atom is 0.126 e. The summed E-state index contributed by atoms with van der Waals surface area (Å²) in [5.74, 6) is 0.409. The molecule has 0 atom stereocenters. The van der Waals surface area contributed by atoms with E-state index in [2.05, 4.69) is 0 Å². The average Bonchev–Trinajstić information content (AvgIpc) is 2.10. The Balaban J connectivity index is 2.51. The third-order valence-electron chi connectivity index (χ3n) is 1.75. The molecule has 1 rings (SSSR count). The van der Waals surface area contributed by atoms with E-state index >= 15 is 0 Å². The summed E-state index contributed by atoms with van der Waals surface area (Å²) in [4.78, 5) is 0.420. The highest BCUT2D eigenvalue weighted by Crippen LogP contribution is 2.15. The topological polar surface area (TPSA) is 35.2 Å². The van der Waals surface area contributed by atoms with Crippen LogP contribution in [0.4, 0.5) is 4.39 Å². The zero-order valence-electron chi connectivity index (χ0n) is 7.92. The van der Waals surface area contributed by atoms with Crippen molar-refractivity contribution in [3.63, 3.8) is 0 Å². The lowest BCUT2D eigenvalue weighted by Gasteiger charge is -2.06. The Kier molecular flexibility index (Phi) is 3.83. The first-order valence-electron chi connectivity index (χ1n) is 4.27. The number of halogens is 1. The molecule has 0 fully saturated rings. The van der Waals surface area contributed by atoms with E-state index in [1.165, 1.54) is 6.07 Å². The van der Waals surface area contributed by atoms with E-state index < -0.39 is 0 Å². The first-order chi connectivity index (χ1) is 6.59. The second-order valence-corrected chi connectivity index (χ2v) is 3.50. The highest BCUT2D eigenvalue weighted by molar-refractivity contribution is 7.80. The summed E-state index contributed by atoms with van der Waals surface area (Å²) in [5, 5.41) is 0. The van der Waals surface area contributed by atoms with Crippen LogP contribution in [0.1, 0.15) is 12.0 Å². The summed E-state index contributed by atoms with van der Waals surface area (Å²) in [7, 11) is 0. The Bertz CT molecular complexity index is 341. The van der Waals surface area contributed by atoms with Crippen LogP contribution in [0.25, 0.3) is 0 Å². The van der Waals surface area contributed by atoms with Gasteiger partial charge in [-0.15, -0.1) is 0 Å². The van der Waals surface area contributed by atoms with Gasteiger partial charge in [0.15, 0.2) is 0 Å². The Hall–Kier alpha value is -1.16. The Labute approximate surface area is 87.9 Å². The number of thiocarbonyl (C=S) groups is 1. The first-order valence-corrected chi connectivity index (χ1v) is 4.67. The quantitative estimate of drug-likeness (QED) is 0.779. The van der Waals surface area contributed by atoms with Crippen molar-refractivity contribution in [1.29, 1.82) is 0 Å². The van der Waals surface area contributed by atoms with Gasteiger partial charge in [0.2, 0.25) is 0 Å². The molecular weight excluding hydrogens is 201 g/mol. The van der Waals surface area contributed by atoms with E-state index in [-0.39, 0.29) is 5.82 Å². The Morgan fingerprint density at radius 1 is 1.57 bits per heavy atom. The van der Waals surface area contributed by atoms with Crippen molar-refractivity contribution in [2.24, 2.45) is 5.73 Å². The lowest BCUT2D eigenvalue weighted by Crippen LogP contribution is -2.12. The molecule has 0 radical (unpaired) electrons. The first kappa shape index (κ1) is 10.9. The molecule has 0 amide bonds. The van der Waals surface area contributed by atoms with Crippen LogP contribution in [-0.2, 0) is 0 Å². The molecule has 0 aromatic heterocycles. The van der Waals surface area contributed by atoms with Gasteiger partial charge in [0.25, 0.3) is 0 Å². The minimum absolute atomic E-state index is 0.230. The Morgan fingerprint density at radius 3 is 2.86 bits per heavy atom. The molecule has 0 saturated carbocycles. The molecule has 2 nitrogen and oxygen atoms in total. The number of benzene rings is 1. The molecule has 14 heavy (non-hydrogen) atoms. The normalized spacial score (nSPS) is 9.86. The van der Waals surface area contributed by atoms with E-state index in [1.54, 1.807) is 19.1 Å². The number of aryl methyl sites for hydroxylation is 1. The van der Waals surface area contributed by atoms with Crippen LogP contribution in [0.5, 0.6) is 5.75 Å². The second-order valence-electron chi connectivity index (χ2n) is 2.98. The van der Waals surface area contributed by atoms with Crippen LogP contribution in [0, 0.1) is 12.7 Å². The lowest BCUT2D eigenvalue weighted by molar-refractivity contribution is 0.328. The summed E-state index contributed by atoms with van der Waals surface area (Å²) < 4.78 is 18.2. The van der Waals surface area contributed by atoms with Gasteiger partial charge in [0, 0.05) is 6.42 Å². The van der Waals surface area contributed by atoms with E-state index in [0.717, 1.165) is 0 Å². The predicted octanol–water partition coefficient (Wildman–Crippen LogP) is 2.19. The summed E-state index contributed by atoms with van der Waals surface area (Å²) >= 11 is 4.70. The van der Waals surface area contributed by atoms with Crippen molar-refractivity contribution in [3.05, 3.63) is 29.6 Å². The predicted molar refractivity (Wildman–Crippen MR) is 58.0 cm³/mol. The summed E-state index contributed by atoms with van der Waals surface area (Å²) in [6, 6.07) is 4.61. The Morgan fingerprint density at radius 2 is 2.29 bits per heavy atom. The van der Waals surface area contributed by atoms with Crippen LogP contribution in [0.3, 0.4) is 0 Å². The highest BCUT2D eigenvalue weighted by Gasteiger charge is 1.99. The fourth-order valence-corrected chi connectivity index (χ4v) is 1.06. The van der Waals surface area contributed by atoms with Crippen molar-refractivity contribution in [1.82, 2.24) is 0 Å². The highest BCUT2D eigenvalue weighted by atomic mass is 32.1. The van der Waals surface area contributed by atoms with Gasteiger partial charge in [0.05, 0.1) is 11.6 Å². The molecule has 1 aromatic rings. The number of rotatable bonds is 4. The van der Waals surface area contributed by atoms with Crippen LogP contribution < -0.4 is 10.5 Å². The van der Waals surface area contributed by atoms with Gasteiger partial charge in [-0.05, 0) is 30.7 Å². The largest absolute Gasteiger partial charge is 0.493 e. The second kappa shape index (κ2) is 4.91. The number of hydrogen-bond acceptors (Lipinski definition) is 2. The molecule has 4 heteroatoms. The molecule has 0 aliphatic heterocycles. The lowest BCUT2D eigenvalue weighted by atomic mass is 10.2. The molecule has 0 heterocycles. The maximum atomic E-state index is 12.9. The number of hydrogen-bond donors (Lipinski definition) is 1. The van der Waals surface area contributed by atoms with Crippen molar-refractivity contribution in [2.75, 3.05) is 6.61 Å². The average molecular weight is 213 g/mol. The summed E-state index contributed by atoms with van der Waals surface area (Å²) in [5.41, 5.74) is 5.87. The van der Waals surface area contributed by atoms with Gasteiger partial charge < -0.3 is 10.5 Å². The molecule has 0 spiro atoms. The standard InChI is InChI=1S/C10H12FNOS/c1-7-6-8(2-3-9(7)11)13-5-4-10(12)14/h2-3,6H,4-5H2,1H3,(H2,12,14). The van der Waals surface area contributed by atoms with E-state index in [0.29, 0.717) is 29.3 Å². The fraction of sp³-hybridized carbons (Fsp3) is 0.300. The zero-order valence-corrected chi connectivity index (χ0v) is 8.73. The third-order valence-corrected chi connectivity index (χ3v) is 1.95. The van der Waals surface area contributed by atoms with Gasteiger partial charge >= 0.3 is 0 Å². The number of nitrogens with two attached hydrogens (primary N) is 1. The van der Waals surface area contributed by atoms with Crippen LogP contribution in [-0.4, -0.2) is 11.6 Å². The van der Waals surface area contributed by atoms with Gasteiger partial charge in [-0.3, -0.25) is 0 Å². The van der Waals surface area contributed by atoms with Crippen molar-refractivity contribution >= 4 is 17.2 Å². The molecule has 0 aliphatic rings. The molecule has 0 bridgehead atoms. The van der Waals surface area contributed by atoms with Gasteiger partial charge in [-0.2, -0.15) is 0 Å². The summed E-state index contributed by atoms with van der Waals surface area (Å²) in [6.07, 6.45) is 0.533. The van der Waals surface area contributed by atoms with E-state index in [1.807, 2.05) is 0 Å². The minimum Gasteiger partial charge on any atom is -0.493 e. The molecule has 1 aromatic carbocycles. The van der Waals surface area contributed by atoms with Crippen molar-refractivity contribution in [2.45, 2.75) is 13.3 Å². The monoisotopic (exact) mass is 213 g/mol. The van der Waals surface area contributed by atoms with Gasteiger partial charge in [-0.1, -0.05) is 12.2 Å². The van der Waals surface area contributed by atoms with Crippen LogP contribution >= 0.6 is 12.2 Å². The van der Waals surface area contributed by atoms with Crippen LogP contribution in [0.15, 0.2) is 18.2 Å². The molecule has 0 aliphatic carbocycles. The van der Waals surface area contributed by atoms with E-state index in [4.69, 9.17) is 22.7 Å². The molecular formula is C10H12FNOS. The van der Waals surface area contributed by atoms with Crippen molar-refractivity contribution < 1.29 is 9.13 Å². The molecule has 0 unspecified atom stereocenters. The van der Waals surface area contributed by atoms with Crippen LogP contribution in [0.2, 0.25) is 0 Å². The fourth-order valence-electron chi connectivity index (χ4n) is 0.976. The SMILES string of the molecule is Cc1cc(OCCC(N)=S)ccc1F. The molecule has 2 N–H and O–H groups in total. The number of ether oxygens (including phenoxy) is 1. The van der Waals surface area contributed by atoms with Gasteiger partial charge in [-0.25, -0.2) is 4.39 Å². The van der Waals surface area contributed by atoms with E-state index in [9.17, 15) is 4.39 Å². The van der Waals surface area contributed by atoms with Crippen molar-refractivity contribution in [3.8, 4) is 5.75 Å². The zero-order chi connectivity index (χ0) is 10.6. The summed E-state index contributed by atoms with van der Waals surface area (Å²) in [6.45, 7) is 2.12. The minimum atomic E-state index is -0.230. The maximum absolute atomic E-state index is 12.9.